The van der Waals surface area contributed by atoms with Gasteiger partial charge in [-0.25, -0.2) is 0 Å². The van der Waals surface area contributed by atoms with Crippen molar-refractivity contribution in [1.82, 2.24) is 0 Å². The summed E-state index contributed by atoms with van der Waals surface area (Å²) >= 11 is 0. The standard InChI is InChI=1S/C20H30O/c1-18(2)12-19(3,4)14-20(21,13-18)17-11-6-5-10-16(17)15-8-7-9-15/h5-6,10-11,15,21H,7-9,12-14H2,1-4H3. The summed E-state index contributed by atoms with van der Waals surface area (Å²) in [6, 6.07) is 8.68. The van der Waals surface area contributed by atoms with E-state index in [1.807, 2.05) is 0 Å². The van der Waals surface area contributed by atoms with Crippen LogP contribution in [0.25, 0.3) is 0 Å². The molecule has 0 unspecified atom stereocenters. The van der Waals surface area contributed by atoms with Gasteiger partial charge < -0.3 is 5.11 Å². The Hall–Kier alpha value is -0.820. The van der Waals surface area contributed by atoms with Gasteiger partial charge in [-0.2, -0.15) is 0 Å². The molecular weight excluding hydrogens is 256 g/mol. The smallest absolute Gasteiger partial charge is 0.0909 e. The first kappa shape index (κ1) is 15.1. The molecule has 1 nitrogen and oxygen atoms in total. The molecule has 116 valence electrons. The highest BCUT2D eigenvalue weighted by atomic mass is 16.3. The predicted octanol–water partition coefficient (Wildman–Crippen LogP) is 5.38. The fourth-order valence-corrected chi connectivity index (χ4v) is 5.25. The fourth-order valence-electron chi connectivity index (χ4n) is 5.25. The molecule has 0 radical (unpaired) electrons. The highest BCUT2D eigenvalue weighted by molar-refractivity contribution is 5.37. The number of benzene rings is 1. The van der Waals surface area contributed by atoms with Crippen LogP contribution in [-0.4, -0.2) is 5.11 Å². The van der Waals surface area contributed by atoms with Crippen LogP contribution in [0.4, 0.5) is 0 Å². The van der Waals surface area contributed by atoms with Gasteiger partial charge in [0.2, 0.25) is 0 Å². The maximum Gasteiger partial charge on any atom is 0.0909 e. The molecular formula is C20H30O. The lowest BCUT2D eigenvalue weighted by atomic mass is 9.57. The van der Waals surface area contributed by atoms with Gasteiger partial charge >= 0.3 is 0 Å². The Morgan fingerprint density at radius 1 is 0.905 bits per heavy atom. The van der Waals surface area contributed by atoms with Crippen molar-refractivity contribution in [2.45, 2.75) is 77.7 Å². The molecule has 2 aliphatic carbocycles. The quantitative estimate of drug-likeness (QED) is 0.774. The van der Waals surface area contributed by atoms with E-state index in [1.54, 1.807) is 0 Å². The molecule has 2 saturated carbocycles. The van der Waals surface area contributed by atoms with Crippen LogP contribution in [-0.2, 0) is 5.60 Å². The van der Waals surface area contributed by atoms with Crippen molar-refractivity contribution >= 4 is 0 Å². The van der Waals surface area contributed by atoms with Crippen LogP contribution >= 0.6 is 0 Å². The van der Waals surface area contributed by atoms with Crippen molar-refractivity contribution in [1.29, 1.82) is 0 Å². The predicted molar refractivity (Wildman–Crippen MR) is 88.3 cm³/mol. The number of hydrogen-bond donors (Lipinski definition) is 1. The van der Waals surface area contributed by atoms with Crippen LogP contribution in [0.2, 0.25) is 0 Å². The fraction of sp³-hybridized carbons (Fsp3) is 0.700. The summed E-state index contributed by atoms with van der Waals surface area (Å²) in [4.78, 5) is 0. The van der Waals surface area contributed by atoms with Gasteiger partial charge in [-0.1, -0.05) is 58.4 Å². The summed E-state index contributed by atoms with van der Waals surface area (Å²) < 4.78 is 0. The van der Waals surface area contributed by atoms with Gasteiger partial charge in [0.25, 0.3) is 0 Å². The zero-order valence-corrected chi connectivity index (χ0v) is 14.1. The largest absolute Gasteiger partial charge is 0.385 e. The van der Waals surface area contributed by atoms with Crippen LogP contribution in [0.1, 0.15) is 83.3 Å². The van der Waals surface area contributed by atoms with Crippen LogP contribution < -0.4 is 0 Å². The third-order valence-corrected chi connectivity index (χ3v) is 5.51. The molecule has 0 spiro atoms. The van der Waals surface area contributed by atoms with Crippen LogP contribution in [0, 0.1) is 10.8 Å². The van der Waals surface area contributed by atoms with Crippen molar-refractivity contribution in [3.63, 3.8) is 0 Å². The Balaban J connectivity index is 2.01. The normalized spacial score (nSPS) is 27.1. The van der Waals surface area contributed by atoms with Crippen LogP contribution in [0.3, 0.4) is 0 Å². The molecule has 0 heterocycles. The molecule has 21 heavy (non-hydrogen) atoms. The molecule has 0 aromatic heterocycles. The molecule has 0 bridgehead atoms. The summed E-state index contributed by atoms with van der Waals surface area (Å²) in [5, 5.41) is 11.6. The number of aliphatic hydroxyl groups is 1. The van der Waals surface area contributed by atoms with E-state index in [4.69, 9.17) is 0 Å². The number of hydrogen-bond acceptors (Lipinski definition) is 1. The molecule has 1 N–H and O–H groups in total. The molecule has 2 aliphatic rings. The van der Waals surface area contributed by atoms with E-state index in [-0.39, 0.29) is 10.8 Å². The van der Waals surface area contributed by atoms with E-state index in [9.17, 15) is 5.11 Å². The minimum atomic E-state index is -0.655. The highest BCUT2D eigenvalue weighted by Gasteiger charge is 2.48. The van der Waals surface area contributed by atoms with E-state index in [1.165, 1.54) is 36.8 Å². The maximum atomic E-state index is 11.6. The highest BCUT2D eigenvalue weighted by Crippen LogP contribution is 2.55. The Morgan fingerprint density at radius 2 is 1.48 bits per heavy atom. The lowest BCUT2D eigenvalue weighted by Gasteiger charge is -2.50. The van der Waals surface area contributed by atoms with Crippen LogP contribution in [0.15, 0.2) is 24.3 Å². The molecule has 0 amide bonds. The van der Waals surface area contributed by atoms with Crippen molar-refractivity contribution in [2.75, 3.05) is 0 Å². The summed E-state index contributed by atoms with van der Waals surface area (Å²) in [6.07, 6.45) is 6.88. The molecule has 2 fully saturated rings. The Morgan fingerprint density at radius 3 is 2.00 bits per heavy atom. The van der Waals surface area contributed by atoms with Crippen molar-refractivity contribution in [3.05, 3.63) is 35.4 Å². The Labute approximate surface area is 129 Å². The monoisotopic (exact) mass is 286 g/mol. The Kier molecular flexibility index (Phi) is 3.48. The van der Waals surface area contributed by atoms with Gasteiger partial charge in [-0.3, -0.25) is 0 Å². The van der Waals surface area contributed by atoms with Crippen molar-refractivity contribution in [3.8, 4) is 0 Å². The second kappa shape index (κ2) is 4.84. The molecule has 0 atom stereocenters. The molecule has 0 aliphatic heterocycles. The average Bonchev–Trinajstić information content (AvgIpc) is 2.22. The third-order valence-electron chi connectivity index (χ3n) is 5.51. The average molecular weight is 286 g/mol. The number of rotatable bonds is 2. The van der Waals surface area contributed by atoms with Crippen LogP contribution in [0.5, 0.6) is 0 Å². The molecule has 1 heteroatoms. The van der Waals surface area contributed by atoms with E-state index < -0.39 is 5.60 Å². The Bertz CT molecular complexity index is 506. The third kappa shape index (κ3) is 2.90. The summed E-state index contributed by atoms with van der Waals surface area (Å²) in [5.41, 5.74) is 2.37. The van der Waals surface area contributed by atoms with Gasteiger partial charge in [-0.15, -0.1) is 0 Å². The second-order valence-electron chi connectivity index (χ2n) is 9.11. The molecule has 1 aromatic rings. The summed E-state index contributed by atoms with van der Waals surface area (Å²) in [5.74, 6) is 0.679. The second-order valence-corrected chi connectivity index (χ2v) is 9.11. The lowest BCUT2D eigenvalue weighted by molar-refractivity contribution is -0.0920. The van der Waals surface area contributed by atoms with Gasteiger partial charge in [-0.05, 0) is 60.0 Å². The van der Waals surface area contributed by atoms with E-state index in [0.29, 0.717) is 5.92 Å². The first-order chi connectivity index (χ1) is 9.71. The van der Waals surface area contributed by atoms with Gasteiger partial charge in [0.1, 0.15) is 0 Å². The molecule has 3 rings (SSSR count). The zero-order chi connectivity index (χ0) is 15.3. The van der Waals surface area contributed by atoms with Gasteiger partial charge in [0, 0.05) is 0 Å². The zero-order valence-electron chi connectivity index (χ0n) is 14.1. The minimum Gasteiger partial charge on any atom is -0.385 e. The van der Waals surface area contributed by atoms with E-state index >= 15 is 0 Å². The van der Waals surface area contributed by atoms with E-state index in [2.05, 4.69) is 52.0 Å². The van der Waals surface area contributed by atoms with Crippen molar-refractivity contribution in [2.24, 2.45) is 10.8 Å². The van der Waals surface area contributed by atoms with E-state index in [0.717, 1.165) is 12.8 Å². The summed E-state index contributed by atoms with van der Waals surface area (Å²) in [6.45, 7) is 9.24. The summed E-state index contributed by atoms with van der Waals surface area (Å²) in [7, 11) is 0. The van der Waals surface area contributed by atoms with Crippen molar-refractivity contribution < 1.29 is 5.11 Å². The maximum absolute atomic E-state index is 11.6. The van der Waals surface area contributed by atoms with Gasteiger partial charge in [0.05, 0.1) is 5.60 Å². The lowest BCUT2D eigenvalue weighted by Crippen LogP contribution is -2.44. The van der Waals surface area contributed by atoms with Gasteiger partial charge in [0.15, 0.2) is 0 Å². The topological polar surface area (TPSA) is 20.2 Å². The first-order valence-corrected chi connectivity index (χ1v) is 8.53. The SMILES string of the molecule is CC1(C)CC(C)(C)CC(O)(c2ccccc2C2CCC2)C1. The molecule has 0 saturated heterocycles. The minimum absolute atomic E-state index is 0.198. The molecule has 1 aromatic carbocycles. The first-order valence-electron chi connectivity index (χ1n) is 8.53.